The molecule has 0 aliphatic heterocycles. The van der Waals surface area contributed by atoms with Gasteiger partial charge in [0.2, 0.25) is 0 Å². The maximum Gasteiger partial charge on any atom is 0.303 e. The van der Waals surface area contributed by atoms with Gasteiger partial charge in [0.15, 0.2) is 0 Å². The molecule has 1 aromatic rings. The summed E-state index contributed by atoms with van der Waals surface area (Å²) < 4.78 is 5.52. The van der Waals surface area contributed by atoms with Crippen LogP contribution in [0.3, 0.4) is 0 Å². The number of carboxylic acid groups (broad SMARTS) is 1. The first-order valence-electron chi connectivity index (χ1n) is 6.11. The number of carbonyl (C=O) groups is 1. The smallest absolute Gasteiger partial charge is 0.303 e. The van der Waals surface area contributed by atoms with Gasteiger partial charge in [-0.05, 0) is 37.1 Å². The van der Waals surface area contributed by atoms with Gasteiger partial charge in [-0.25, -0.2) is 0 Å². The second-order valence-corrected chi connectivity index (χ2v) is 4.01. The molecule has 0 heterocycles. The van der Waals surface area contributed by atoms with Crippen LogP contribution in [0.2, 0.25) is 0 Å². The molecule has 0 atom stereocenters. The summed E-state index contributed by atoms with van der Waals surface area (Å²) in [7, 11) is 3.43. The Morgan fingerprint density at radius 1 is 1.32 bits per heavy atom. The molecule has 0 unspecified atom stereocenters. The largest absolute Gasteiger partial charge is 0.494 e. The van der Waals surface area contributed by atoms with Gasteiger partial charge in [0, 0.05) is 13.5 Å². The minimum Gasteiger partial charge on any atom is -0.494 e. The van der Waals surface area contributed by atoms with Crippen molar-refractivity contribution in [2.45, 2.75) is 19.3 Å². The van der Waals surface area contributed by atoms with E-state index >= 15 is 0 Å². The van der Waals surface area contributed by atoms with Crippen molar-refractivity contribution in [2.75, 3.05) is 25.7 Å². The van der Waals surface area contributed by atoms with E-state index in [-0.39, 0.29) is 6.42 Å². The molecule has 6 heteroatoms. The summed E-state index contributed by atoms with van der Waals surface area (Å²) in [5, 5.41) is 17.7. The Morgan fingerprint density at radius 2 is 2.00 bits per heavy atom. The highest BCUT2D eigenvalue weighted by Crippen LogP contribution is 2.19. The van der Waals surface area contributed by atoms with Crippen molar-refractivity contribution in [1.82, 2.24) is 0 Å². The molecule has 0 radical (unpaired) electrons. The summed E-state index contributed by atoms with van der Waals surface area (Å²) in [5.41, 5.74) is 0.920. The van der Waals surface area contributed by atoms with Gasteiger partial charge in [0.05, 0.1) is 19.3 Å². The maximum atomic E-state index is 10.3. The Morgan fingerprint density at radius 3 is 2.58 bits per heavy atom. The summed E-state index contributed by atoms with van der Waals surface area (Å²) in [5.74, 6) is -0.00149. The molecule has 1 aromatic carbocycles. The molecular formula is C13H19N3O3. The molecule has 1 N–H and O–H groups in total. The lowest BCUT2D eigenvalue weighted by molar-refractivity contribution is -0.137. The number of benzene rings is 1. The van der Waals surface area contributed by atoms with Gasteiger partial charge in [-0.2, -0.15) is 5.11 Å². The monoisotopic (exact) mass is 265 g/mol. The third kappa shape index (κ3) is 5.85. The van der Waals surface area contributed by atoms with Crippen LogP contribution >= 0.6 is 0 Å². The first kappa shape index (κ1) is 14.9. The van der Waals surface area contributed by atoms with E-state index in [1.54, 1.807) is 12.1 Å². The van der Waals surface area contributed by atoms with Crippen molar-refractivity contribution in [1.29, 1.82) is 0 Å². The van der Waals surface area contributed by atoms with Crippen molar-refractivity contribution < 1.29 is 14.6 Å². The van der Waals surface area contributed by atoms with Crippen LogP contribution < -0.4 is 9.75 Å². The molecule has 0 aliphatic carbocycles. The first-order valence-corrected chi connectivity index (χ1v) is 6.11. The van der Waals surface area contributed by atoms with Crippen LogP contribution in [-0.2, 0) is 4.79 Å². The lowest BCUT2D eigenvalue weighted by Crippen LogP contribution is -2.07. The molecule has 19 heavy (non-hydrogen) atoms. The minimum atomic E-state index is -0.766. The Bertz CT molecular complexity index is 418. The summed E-state index contributed by atoms with van der Waals surface area (Å²) in [6.45, 7) is 0.525. The van der Waals surface area contributed by atoms with Crippen LogP contribution in [0.1, 0.15) is 19.3 Å². The van der Waals surface area contributed by atoms with Gasteiger partial charge < -0.3 is 9.84 Å². The van der Waals surface area contributed by atoms with Crippen molar-refractivity contribution in [3.05, 3.63) is 24.3 Å². The van der Waals surface area contributed by atoms with Gasteiger partial charge in [-0.1, -0.05) is 5.22 Å². The standard InChI is InChI=1S/C13H19N3O3/c1-14-15-16(2)11-6-8-12(9-7-11)19-10-4-3-5-13(17)18/h6-9H,3-5,10H2,1-2H3,(H,17,18). The molecule has 104 valence electrons. The first-order chi connectivity index (χ1) is 9.13. The van der Waals surface area contributed by atoms with E-state index in [0.717, 1.165) is 17.9 Å². The zero-order valence-electron chi connectivity index (χ0n) is 11.2. The molecule has 6 nitrogen and oxygen atoms in total. The third-order valence-electron chi connectivity index (χ3n) is 2.49. The van der Waals surface area contributed by atoms with Gasteiger partial charge >= 0.3 is 5.97 Å². The average molecular weight is 265 g/mol. The molecule has 0 saturated carbocycles. The van der Waals surface area contributed by atoms with Crippen molar-refractivity contribution in [2.24, 2.45) is 10.3 Å². The van der Waals surface area contributed by atoms with Crippen LogP contribution in [0.25, 0.3) is 0 Å². The van der Waals surface area contributed by atoms with Gasteiger partial charge in [0.1, 0.15) is 5.75 Å². The molecule has 0 fully saturated rings. The zero-order chi connectivity index (χ0) is 14.1. The predicted molar refractivity (Wildman–Crippen MR) is 72.6 cm³/mol. The van der Waals surface area contributed by atoms with E-state index in [2.05, 4.69) is 10.3 Å². The Balaban J connectivity index is 2.34. The van der Waals surface area contributed by atoms with Gasteiger partial charge in [-0.15, -0.1) is 0 Å². The van der Waals surface area contributed by atoms with Crippen LogP contribution in [0.4, 0.5) is 5.69 Å². The van der Waals surface area contributed by atoms with E-state index in [1.807, 2.05) is 31.3 Å². The Kier molecular flexibility index (Phi) is 6.35. The molecule has 0 saturated heterocycles. The summed E-state index contributed by atoms with van der Waals surface area (Å²) in [6.07, 6.45) is 1.56. The van der Waals surface area contributed by atoms with Crippen LogP contribution in [0, 0.1) is 0 Å². The lowest BCUT2D eigenvalue weighted by atomic mass is 10.2. The van der Waals surface area contributed by atoms with Crippen LogP contribution in [0.15, 0.2) is 34.6 Å². The fraction of sp³-hybridized carbons (Fsp3) is 0.462. The molecule has 0 spiro atoms. The second-order valence-electron chi connectivity index (χ2n) is 4.01. The molecule has 0 aromatic heterocycles. The number of rotatable bonds is 8. The number of hydrogen-bond donors (Lipinski definition) is 1. The number of aliphatic carboxylic acids is 1. The number of unbranched alkanes of at least 4 members (excludes halogenated alkanes) is 1. The average Bonchev–Trinajstić information content (AvgIpc) is 2.39. The number of ether oxygens (including phenoxy) is 1. The zero-order valence-corrected chi connectivity index (χ0v) is 11.2. The number of nitrogens with zero attached hydrogens (tertiary/aromatic N) is 3. The van der Waals surface area contributed by atoms with Crippen molar-refractivity contribution in [3.63, 3.8) is 0 Å². The topological polar surface area (TPSA) is 74.5 Å². The van der Waals surface area contributed by atoms with E-state index in [4.69, 9.17) is 9.84 Å². The van der Waals surface area contributed by atoms with Crippen molar-refractivity contribution in [3.8, 4) is 5.75 Å². The Hall–Kier alpha value is -2.11. The quantitative estimate of drug-likeness (QED) is 0.445. The van der Waals surface area contributed by atoms with E-state index in [0.29, 0.717) is 13.0 Å². The van der Waals surface area contributed by atoms with Crippen LogP contribution in [0.5, 0.6) is 5.75 Å². The SMILES string of the molecule is CN=NN(C)c1ccc(OCCCCC(=O)O)cc1. The summed E-state index contributed by atoms with van der Waals surface area (Å²) >= 11 is 0. The fourth-order valence-electron chi connectivity index (χ4n) is 1.51. The lowest BCUT2D eigenvalue weighted by Gasteiger charge is -2.12. The highest BCUT2D eigenvalue weighted by Gasteiger charge is 2.00. The highest BCUT2D eigenvalue weighted by atomic mass is 16.5. The van der Waals surface area contributed by atoms with E-state index in [1.165, 1.54) is 0 Å². The number of anilines is 1. The van der Waals surface area contributed by atoms with Gasteiger partial charge in [-0.3, -0.25) is 9.80 Å². The fourth-order valence-corrected chi connectivity index (χ4v) is 1.51. The van der Waals surface area contributed by atoms with E-state index in [9.17, 15) is 4.79 Å². The normalized spacial score (nSPS) is 10.6. The molecule has 1 rings (SSSR count). The Labute approximate surface area is 112 Å². The number of hydrogen-bond acceptors (Lipinski definition) is 4. The summed E-state index contributed by atoms with van der Waals surface area (Å²) in [6, 6.07) is 7.49. The maximum absolute atomic E-state index is 10.3. The minimum absolute atomic E-state index is 0.190. The number of carboxylic acids is 1. The molecule has 0 aliphatic rings. The molecule has 0 amide bonds. The van der Waals surface area contributed by atoms with E-state index < -0.39 is 5.97 Å². The van der Waals surface area contributed by atoms with Gasteiger partial charge in [0.25, 0.3) is 0 Å². The molecular weight excluding hydrogens is 246 g/mol. The second kappa shape index (κ2) is 8.07. The van der Waals surface area contributed by atoms with Crippen molar-refractivity contribution >= 4 is 11.7 Å². The predicted octanol–water partition coefficient (Wildman–Crippen LogP) is 2.75. The highest BCUT2D eigenvalue weighted by molar-refractivity contribution is 5.66. The third-order valence-corrected chi connectivity index (χ3v) is 2.49. The molecule has 0 bridgehead atoms. The van der Waals surface area contributed by atoms with Crippen LogP contribution in [-0.4, -0.2) is 31.8 Å². The summed E-state index contributed by atoms with van der Waals surface area (Å²) in [4.78, 5) is 10.3.